The highest BCUT2D eigenvalue weighted by atomic mass is 16.7. The summed E-state index contributed by atoms with van der Waals surface area (Å²) in [6, 6.07) is 9.14. The number of anilines is 1. The zero-order valence-electron chi connectivity index (χ0n) is 13.1. The van der Waals surface area contributed by atoms with Gasteiger partial charge in [-0.1, -0.05) is 12.1 Å². The van der Waals surface area contributed by atoms with E-state index < -0.39 is 12.3 Å². The maximum atomic E-state index is 12.0. The molecule has 7 nitrogen and oxygen atoms in total. The normalized spacial score (nSPS) is 10.6. The summed E-state index contributed by atoms with van der Waals surface area (Å²) >= 11 is 0. The summed E-state index contributed by atoms with van der Waals surface area (Å²) in [6.45, 7) is 0. The van der Waals surface area contributed by atoms with E-state index in [4.69, 9.17) is 25.2 Å². The summed E-state index contributed by atoms with van der Waals surface area (Å²) in [5, 5.41) is 9.14. The number of esters is 1. The zero-order chi connectivity index (χ0) is 17.0. The van der Waals surface area contributed by atoms with Crippen LogP contribution < -0.4 is 5.73 Å². The largest absolute Gasteiger partial charge is 0.464 e. The van der Waals surface area contributed by atoms with E-state index in [0.717, 1.165) is 5.56 Å². The molecule has 1 heterocycles. The Morgan fingerprint density at radius 2 is 2.00 bits per heavy atom. The molecule has 0 unspecified atom stereocenters. The minimum absolute atomic E-state index is 0.0831. The van der Waals surface area contributed by atoms with Crippen LogP contribution in [0.4, 0.5) is 5.69 Å². The van der Waals surface area contributed by atoms with Gasteiger partial charge in [0, 0.05) is 31.7 Å². The Kier molecular flexibility index (Phi) is 5.01. The molecule has 0 aliphatic rings. The van der Waals surface area contributed by atoms with Gasteiger partial charge in [0.2, 0.25) is 0 Å². The lowest BCUT2D eigenvalue weighted by Gasteiger charge is -2.15. The molecule has 0 radical (unpaired) electrons. The Morgan fingerprint density at radius 3 is 2.57 bits per heavy atom. The van der Waals surface area contributed by atoms with Crippen LogP contribution in [0.15, 0.2) is 30.5 Å². The fourth-order valence-corrected chi connectivity index (χ4v) is 2.31. The van der Waals surface area contributed by atoms with Crippen molar-refractivity contribution in [3.63, 3.8) is 0 Å². The Morgan fingerprint density at radius 1 is 1.30 bits per heavy atom. The molecule has 120 valence electrons. The number of nitrogens with two attached hydrogens (primary N) is 1. The van der Waals surface area contributed by atoms with E-state index in [1.165, 1.54) is 32.1 Å². The summed E-state index contributed by atoms with van der Waals surface area (Å²) in [5.41, 5.74) is 7.67. The standard InChI is InChI=1S/C16H17N3O4/c1-21-15(20)14-13(18)11(8-17)9-19(14)12-6-4-5-10(7-12)16(22-2)23-3/h4-7,9,16H,18H2,1-3H3. The van der Waals surface area contributed by atoms with E-state index in [1.807, 2.05) is 12.1 Å². The van der Waals surface area contributed by atoms with Gasteiger partial charge in [0.05, 0.1) is 18.4 Å². The number of hydrogen-bond acceptors (Lipinski definition) is 6. The lowest BCUT2D eigenvalue weighted by molar-refractivity contribution is -0.106. The number of ether oxygens (including phenoxy) is 3. The van der Waals surface area contributed by atoms with Crippen molar-refractivity contribution in [2.75, 3.05) is 27.1 Å². The maximum Gasteiger partial charge on any atom is 0.357 e. The summed E-state index contributed by atoms with van der Waals surface area (Å²) in [5.74, 6) is -0.621. The first-order valence-electron chi connectivity index (χ1n) is 6.72. The van der Waals surface area contributed by atoms with Crippen LogP contribution >= 0.6 is 0 Å². The third-order valence-corrected chi connectivity index (χ3v) is 3.39. The highest BCUT2D eigenvalue weighted by Crippen LogP contribution is 2.27. The molecular formula is C16H17N3O4. The molecule has 0 saturated carbocycles. The predicted molar refractivity (Wildman–Crippen MR) is 83.0 cm³/mol. The number of nitriles is 1. The Labute approximate surface area is 133 Å². The Balaban J connectivity index is 2.61. The second kappa shape index (κ2) is 6.96. The van der Waals surface area contributed by atoms with E-state index >= 15 is 0 Å². The average molecular weight is 315 g/mol. The van der Waals surface area contributed by atoms with Gasteiger partial charge in [0.15, 0.2) is 12.0 Å². The van der Waals surface area contributed by atoms with Crippen molar-refractivity contribution in [2.24, 2.45) is 0 Å². The van der Waals surface area contributed by atoms with Crippen molar-refractivity contribution in [3.05, 3.63) is 47.3 Å². The molecule has 1 aromatic heterocycles. The lowest BCUT2D eigenvalue weighted by Crippen LogP contribution is -2.11. The molecule has 7 heteroatoms. The van der Waals surface area contributed by atoms with Crippen LogP contribution in [0.2, 0.25) is 0 Å². The number of methoxy groups -OCH3 is 3. The maximum absolute atomic E-state index is 12.0. The highest BCUT2D eigenvalue weighted by molar-refractivity contribution is 5.95. The number of aromatic nitrogens is 1. The molecule has 0 fully saturated rings. The predicted octanol–water partition coefficient (Wildman–Crippen LogP) is 2.01. The molecule has 2 aromatic rings. The zero-order valence-corrected chi connectivity index (χ0v) is 13.1. The number of nitrogens with zero attached hydrogens (tertiary/aromatic N) is 2. The van der Waals surface area contributed by atoms with E-state index in [2.05, 4.69) is 0 Å². The molecule has 0 bridgehead atoms. The third kappa shape index (κ3) is 3.04. The quantitative estimate of drug-likeness (QED) is 0.669. The van der Waals surface area contributed by atoms with Crippen molar-refractivity contribution >= 4 is 11.7 Å². The Bertz CT molecular complexity index is 757. The highest BCUT2D eigenvalue weighted by Gasteiger charge is 2.22. The Hall–Kier alpha value is -2.82. The molecule has 0 amide bonds. The number of rotatable bonds is 5. The number of carbonyl (C=O) groups excluding carboxylic acids is 1. The SMILES string of the molecule is COC(=O)c1c(N)c(C#N)cn1-c1cccc(C(OC)OC)c1. The van der Waals surface area contributed by atoms with Gasteiger partial charge in [0.25, 0.3) is 0 Å². The van der Waals surface area contributed by atoms with Crippen LogP contribution in [-0.2, 0) is 14.2 Å². The fourth-order valence-electron chi connectivity index (χ4n) is 2.31. The van der Waals surface area contributed by atoms with Gasteiger partial charge in [-0.25, -0.2) is 4.79 Å². The molecule has 0 spiro atoms. The van der Waals surface area contributed by atoms with Gasteiger partial charge < -0.3 is 24.5 Å². The van der Waals surface area contributed by atoms with Gasteiger partial charge >= 0.3 is 5.97 Å². The summed E-state index contributed by atoms with van der Waals surface area (Å²) in [4.78, 5) is 12.0. The molecular weight excluding hydrogens is 298 g/mol. The number of carbonyl (C=O) groups is 1. The van der Waals surface area contributed by atoms with Gasteiger partial charge in [-0.15, -0.1) is 0 Å². The first-order valence-corrected chi connectivity index (χ1v) is 6.72. The molecule has 2 N–H and O–H groups in total. The van der Waals surface area contributed by atoms with Crippen molar-refractivity contribution in [1.29, 1.82) is 5.26 Å². The first-order chi connectivity index (χ1) is 11.1. The van der Waals surface area contributed by atoms with Gasteiger partial charge in [-0.2, -0.15) is 5.26 Å². The second-order valence-electron chi connectivity index (χ2n) is 4.68. The number of benzene rings is 1. The first kappa shape index (κ1) is 16.5. The van der Waals surface area contributed by atoms with E-state index in [1.54, 1.807) is 18.2 Å². The van der Waals surface area contributed by atoms with Gasteiger partial charge in [0.1, 0.15) is 6.07 Å². The van der Waals surface area contributed by atoms with Crippen molar-refractivity contribution in [2.45, 2.75) is 6.29 Å². The topological polar surface area (TPSA) is 99.5 Å². The van der Waals surface area contributed by atoms with E-state index in [0.29, 0.717) is 5.69 Å². The van der Waals surface area contributed by atoms with Crippen molar-refractivity contribution in [3.8, 4) is 11.8 Å². The number of hydrogen-bond donors (Lipinski definition) is 1. The monoisotopic (exact) mass is 315 g/mol. The minimum Gasteiger partial charge on any atom is -0.464 e. The molecule has 0 atom stereocenters. The summed E-state index contributed by atoms with van der Waals surface area (Å²) in [6.07, 6.45) is 0.954. The van der Waals surface area contributed by atoms with Crippen LogP contribution in [0.5, 0.6) is 0 Å². The van der Waals surface area contributed by atoms with Crippen LogP contribution in [0.1, 0.15) is 27.9 Å². The average Bonchev–Trinajstić information content (AvgIpc) is 2.92. The van der Waals surface area contributed by atoms with E-state index in [9.17, 15) is 4.79 Å². The van der Waals surface area contributed by atoms with Crippen LogP contribution in [0, 0.1) is 11.3 Å². The van der Waals surface area contributed by atoms with Gasteiger partial charge in [-0.05, 0) is 12.1 Å². The molecule has 1 aromatic carbocycles. The van der Waals surface area contributed by atoms with Crippen LogP contribution in [-0.4, -0.2) is 31.9 Å². The van der Waals surface area contributed by atoms with Crippen molar-refractivity contribution in [1.82, 2.24) is 4.57 Å². The molecule has 0 aliphatic heterocycles. The summed E-state index contributed by atoms with van der Waals surface area (Å²) in [7, 11) is 4.32. The third-order valence-electron chi connectivity index (χ3n) is 3.39. The van der Waals surface area contributed by atoms with E-state index in [-0.39, 0.29) is 16.9 Å². The summed E-state index contributed by atoms with van der Waals surface area (Å²) < 4.78 is 16.7. The minimum atomic E-state index is -0.621. The molecule has 0 saturated heterocycles. The van der Waals surface area contributed by atoms with Crippen LogP contribution in [0.3, 0.4) is 0 Å². The second-order valence-corrected chi connectivity index (χ2v) is 4.68. The smallest absolute Gasteiger partial charge is 0.357 e. The lowest BCUT2D eigenvalue weighted by atomic mass is 10.2. The molecule has 23 heavy (non-hydrogen) atoms. The molecule has 0 aliphatic carbocycles. The van der Waals surface area contributed by atoms with Gasteiger partial charge in [-0.3, -0.25) is 0 Å². The van der Waals surface area contributed by atoms with Crippen molar-refractivity contribution < 1.29 is 19.0 Å². The fraction of sp³-hybridized carbons (Fsp3) is 0.250. The van der Waals surface area contributed by atoms with Crippen LogP contribution in [0.25, 0.3) is 5.69 Å². The number of nitrogen functional groups attached to an aromatic ring is 1. The molecule has 2 rings (SSSR count).